The summed E-state index contributed by atoms with van der Waals surface area (Å²) >= 11 is 0. The Bertz CT molecular complexity index is 252. The fourth-order valence-electron chi connectivity index (χ4n) is 2.71. The number of hydrogen-bond acceptors (Lipinski definition) is 1. The molecule has 0 aromatic rings. The zero-order valence-corrected chi connectivity index (χ0v) is 12.2. The minimum absolute atomic E-state index is 0.363. The number of hydrogen-bond donors (Lipinski definition) is 0. The second kappa shape index (κ2) is 10.3. The Labute approximate surface area is 113 Å². The molecular formula is C17H30O. The third-order valence-electron chi connectivity index (χ3n) is 3.89. The van der Waals surface area contributed by atoms with E-state index >= 15 is 0 Å². The maximum atomic E-state index is 11.5. The van der Waals surface area contributed by atoms with E-state index in [4.69, 9.17) is 0 Å². The lowest BCUT2D eigenvalue weighted by Crippen LogP contribution is -1.91. The lowest BCUT2D eigenvalue weighted by molar-refractivity contribution is -0.114. The van der Waals surface area contributed by atoms with Crippen LogP contribution in [0.2, 0.25) is 0 Å². The molecule has 0 saturated heterocycles. The van der Waals surface area contributed by atoms with Gasteiger partial charge in [0.05, 0.1) is 0 Å². The summed E-state index contributed by atoms with van der Waals surface area (Å²) < 4.78 is 0. The standard InChI is InChI=1S/C17H30O/c1-2-3-4-5-6-7-8-9-12-16-13-10-11-14-17(18)15-16/h15H,2-14H2,1H3. The number of carbonyl (C=O) groups is 1. The number of unbranched alkanes of at least 4 members (excludes halogenated alkanes) is 7. The molecule has 0 atom stereocenters. The van der Waals surface area contributed by atoms with Crippen LogP contribution in [0.1, 0.15) is 90.4 Å². The highest BCUT2D eigenvalue weighted by Gasteiger charge is 2.07. The lowest BCUT2D eigenvalue weighted by Gasteiger charge is -2.05. The molecule has 0 bridgehead atoms. The van der Waals surface area contributed by atoms with Gasteiger partial charge in [0.1, 0.15) is 0 Å². The van der Waals surface area contributed by atoms with Crippen molar-refractivity contribution >= 4 is 5.78 Å². The molecule has 0 saturated carbocycles. The van der Waals surface area contributed by atoms with Crippen molar-refractivity contribution < 1.29 is 4.79 Å². The highest BCUT2D eigenvalue weighted by Crippen LogP contribution is 2.21. The predicted molar refractivity (Wildman–Crippen MR) is 78.8 cm³/mol. The average Bonchev–Trinajstić information content (AvgIpc) is 2.57. The van der Waals surface area contributed by atoms with E-state index in [0.29, 0.717) is 5.78 Å². The van der Waals surface area contributed by atoms with Gasteiger partial charge in [0.25, 0.3) is 0 Å². The zero-order chi connectivity index (χ0) is 13.1. The van der Waals surface area contributed by atoms with Gasteiger partial charge >= 0.3 is 0 Å². The summed E-state index contributed by atoms with van der Waals surface area (Å²) in [5.74, 6) is 0.363. The molecule has 0 N–H and O–H groups in total. The van der Waals surface area contributed by atoms with Crippen molar-refractivity contribution in [3.05, 3.63) is 11.6 Å². The van der Waals surface area contributed by atoms with Crippen LogP contribution in [0, 0.1) is 0 Å². The summed E-state index contributed by atoms with van der Waals surface area (Å²) in [5, 5.41) is 0. The third kappa shape index (κ3) is 7.68. The molecule has 1 aliphatic carbocycles. The first-order valence-corrected chi connectivity index (χ1v) is 8.05. The van der Waals surface area contributed by atoms with Gasteiger partial charge in [-0.15, -0.1) is 0 Å². The molecule has 0 aromatic carbocycles. The van der Waals surface area contributed by atoms with Crippen molar-refractivity contribution in [3.8, 4) is 0 Å². The highest BCUT2D eigenvalue weighted by molar-refractivity contribution is 5.90. The molecule has 0 amide bonds. The summed E-state index contributed by atoms with van der Waals surface area (Å²) in [6.45, 7) is 2.27. The van der Waals surface area contributed by atoms with E-state index in [1.807, 2.05) is 6.08 Å². The first kappa shape index (κ1) is 15.5. The van der Waals surface area contributed by atoms with Gasteiger partial charge in [-0.2, -0.15) is 0 Å². The quantitative estimate of drug-likeness (QED) is 0.488. The third-order valence-corrected chi connectivity index (χ3v) is 3.89. The van der Waals surface area contributed by atoms with E-state index in [1.165, 1.54) is 76.2 Å². The highest BCUT2D eigenvalue weighted by atomic mass is 16.1. The Morgan fingerprint density at radius 2 is 1.50 bits per heavy atom. The van der Waals surface area contributed by atoms with E-state index in [0.717, 1.165) is 12.8 Å². The van der Waals surface area contributed by atoms with Crippen molar-refractivity contribution in [2.75, 3.05) is 0 Å². The smallest absolute Gasteiger partial charge is 0.155 e. The minimum atomic E-state index is 0.363. The zero-order valence-electron chi connectivity index (χ0n) is 12.2. The SMILES string of the molecule is CCCCCCCCCCC1=CC(=O)CCCC1. The summed E-state index contributed by atoms with van der Waals surface area (Å²) in [6, 6.07) is 0. The maximum absolute atomic E-state index is 11.5. The second-order valence-corrected chi connectivity index (χ2v) is 5.70. The van der Waals surface area contributed by atoms with E-state index in [9.17, 15) is 4.79 Å². The fourth-order valence-corrected chi connectivity index (χ4v) is 2.71. The molecule has 0 spiro atoms. The summed E-state index contributed by atoms with van der Waals surface area (Å²) in [7, 11) is 0. The number of allylic oxidation sites excluding steroid dienone is 2. The van der Waals surface area contributed by atoms with E-state index < -0.39 is 0 Å². The largest absolute Gasteiger partial charge is 0.295 e. The molecule has 0 radical (unpaired) electrons. The van der Waals surface area contributed by atoms with Crippen LogP contribution in [-0.2, 0) is 4.79 Å². The van der Waals surface area contributed by atoms with Crippen LogP contribution in [0.3, 0.4) is 0 Å². The number of rotatable bonds is 9. The van der Waals surface area contributed by atoms with E-state index in [1.54, 1.807) is 0 Å². The number of carbonyl (C=O) groups excluding carboxylic acids is 1. The topological polar surface area (TPSA) is 17.1 Å². The second-order valence-electron chi connectivity index (χ2n) is 5.70. The van der Waals surface area contributed by atoms with Gasteiger partial charge in [0.2, 0.25) is 0 Å². The molecule has 0 fully saturated rings. The molecule has 0 aromatic heterocycles. The molecule has 1 rings (SSSR count). The Hall–Kier alpha value is -0.590. The number of ketones is 1. The summed E-state index contributed by atoms with van der Waals surface area (Å²) in [4.78, 5) is 11.5. The Morgan fingerprint density at radius 1 is 0.889 bits per heavy atom. The molecule has 0 aliphatic heterocycles. The Morgan fingerprint density at radius 3 is 2.22 bits per heavy atom. The van der Waals surface area contributed by atoms with Crippen LogP contribution in [0.25, 0.3) is 0 Å². The van der Waals surface area contributed by atoms with Crippen molar-refractivity contribution in [2.24, 2.45) is 0 Å². The molecule has 0 unspecified atom stereocenters. The molecule has 104 valence electrons. The van der Waals surface area contributed by atoms with Crippen LogP contribution in [-0.4, -0.2) is 5.78 Å². The van der Waals surface area contributed by atoms with Gasteiger partial charge in [-0.25, -0.2) is 0 Å². The van der Waals surface area contributed by atoms with E-state index in [-0.39, 0.29) is 0 Å². The first-order valence-electron chi connectivity index (χ1n) is 8.05. The van der Waals surface area contributed by atoms with Gasteiger partial charge in [0.15, 0.2) is 5.78 Å². The average molecular weight is 250 g/mol. The van der Waals surface area contributed by atoms with Crippen molar-refractivity contribution in [1.82, 2.24) is 0 Å². The van der Waals surface area contributed by atoms with Gasteiger partial charge in [-0.1, -0.05) is 57.4 Å². The minimum Gasteiger partial charge on any atom is -0.295 e. The van der Waals surface area contributed by atoms with Crippen molar-refractivity contribution in [3.63, 3.8) is 0 Å². The lowest BCUT2D eigenvalue weighted by atomic mass is 10.0. The Kier molecular flexibility index (Phi) is 8.89. The van der Waals surface area contributed by atoms with Crippen molar-refractivity contribution in [2.45, 2.75) is 90.4 Å². The van der Waals surface area contributed by atoms with Crippen LogP contribution in [0.4, 0.5) is 0 Å². The maximum Gasteiger partial charge on any atom is 0.155 e. The predicted octanol–water partition coefficient (Wildman–Crippen LogP) is 5.59. The molecular weight excluding hydrogens is 220 g/mol. The Balaban J connectivity index is 1.98. The van der Waals surface area contributed by atoms with Gasteiger partial charge in [-0.3, -0.25) is 4.79 Å². The monoisotopic (exact) mass is 250 g/mol. The molecule has 0 heterocycles. The molecule has 1 aliphatic rings. The van der Waals surface area contributed by atoms with Gasteiger partial charge in [0, 0.05) is 6.42 Å². The molecule has 1 nitrogen and oxygen atoms in total. The van der Waals surface area contributed by atoms with Crippen LogP contribution in [0.5, 0.6) is 0 Å². The summed E-state index contributed by atoms with van der Waals surface area (Å²) in [5.41, 5.74) is 1.42. The summed E-state index contributed by atoms with van der Waals surface area (Å²) in [6.07, 6.45) is 18.3. The van der Waals surface area contributed by atoms with Crippen LogP contribution in [0.15, 0.2) is 11.6 Å². The van der Waals surface area contributed by atoms with Gasteiger partial charge in [-0.05, 0) is 38.2 Å². The van der Waals surface area contributed by atoms with Crippen LogP contribution >= 0.6 is 0 Å². The first-order chi connectivity index (χ1) is 8.83. The molecule has 18 heavy (non-hydrogen) atoms. The van der Waals surface area contributed by atoms with Gasteiger partial charge < -0.3 is 0 Å². The van der Waals surface area contributed by atoms with Crippen molar-refractivity contribution in [1.29, 1.82) is 0 Å². The fraction of sp³-hybridized carbons (Fsp3) is 0.824. The van der Waals surface area contributed by atoms with Crippen LogP contribution < -0.4 is 0 Å². The molecule has 1 heteroatoms. The normalized spacial score (nSPS) is 16.5. The van der Waals surface area contributed by atoms with E-state index in [2.05, 4.69) is 6.92 Å².